The van der Waals surface area contributed by atoms with Gasteiger partial charge in [-0.3, -0.25) is 0 Å². The van der Waals surface area contributed by atoms with E-state index in [1.165, 1.54) is 22.9 Å². The van der Waals surface area contributed by atoms with Crippen LogP contribution >= 0.6 is 34.8 Å². The molecule has 1 aromatic heterocycles. The standard InChI is InChI=1S/C18H10Cl3F3N2/c19-14-6-4-11(5-7-14)17-12(8-16(20)21)10-26(25-17)15-3-1-2-13(9-15)18(22,23)24/h1-10H. The Bertz CT molecular complexity index is 957. The van der Waals surface area contributed by atoms with Crippen LogP contribution in [0.3, 0.4) is 0 Å². The summed E-state index contributed by atoms with van der Waals surface area (Å²) in [6.45, 7) is 0. The molecule has 0 spiro atoms. The van der Waals surface area contributed by atoms with Gasteiger partial charge in [0, 0.05) is 22.3 Å². The summed E-state index contributed by atoms with van der Waals surface area (Å²) in [5.74, 6) is 0. The molecular weight excluding hydrogens is 408 g/mol. The Labute approximate surface area is 162 Å². The van der Waals surface area contributed by atoms with Crippen LogP contribution in [-0.2, 0) is 6.18 Å². The summed E-state index contributed by atoms with van der Waals surface area (Å²) in [4.78, 5) is 0. The summed E-state index contributed by atoms with van der Waals surface area (Å²) in [7, 11) is 0. The predicted molar refractivity (Wildman–Crippen MR) is 98.7 cm³/mol. The summed E-state index contributed by atoms with van der Waals surface area (Å²) >= 11 is 17.4. The van der Waals surface area contributed by atoms with Crippen LogP contribution in [0.1, 0.15) is 11.1 Å². The second-order valence-corrected chi connectivity index (χ2v) is 6.81. The third-order valence-corrected chi connectivity index (χ3v) is 4.03. The molecule has 0 fully saturated rings. The van der Waals surface area contributed by atoms with Gasteiger partial charge in [0.15, 0.2) is 0 Å². The Kier molecular flexibility index (Phi) is 5.32. The van der Waals surface area contributed by atoms with Gasteiger partial charge >= 0.3 is 6.18 Å². The highest BCUT2D eigenvalue weighted by molar-refractivity contribution is 6.57. The zero-order valence-electron chi connectivity index (χ0n) is 12.9. The quantitative estimate of drug-likeness (QED) is 0.449. The van der Waals surface area contributed by atoms with E-state index in [4.69, 9.17) is 34.8 Å². The van der Waals surface area contributed by atoms with Crippen LogP contribution in [0.15, 0.2) is 59.2 Å². The van der Waals surface area contributed by atoms with Gasteiger partial charge in [-0.15, -0.1) is 0 Å². The summed E-state index contributed by atoms with van der Waals surface area (Å²) in [5.41, 5.74) is 1.30. The molecule has 0 aliphatic carbocycles. The third kappa shape index (κ3) is 4.23. The second kappa shape index (κ2) is 7.35. The van der Waals surface area contributed by atoms with Gasteiger partial charge in [-0.05, 0) is 36.4 Å². The maximum Gasteiger partial charge on any atom is 0.416 e. The highest BCUT2D eigenvalue weighted by Crippen LogP contribution is 2.32. The SMILES string of the molecule is FC(F)(F)c1cccc(-n2cc(C=C(Cl)Cl)c(-c3ccc(Cl)cc3)n2)c1. The summed E-state index contributed by atoms with van der Waals surface area (Å²) < 4.78 is 40.2. The first-order valence-corrected chi connectivity index (χ1v) is 8.43. The molecule has 0 radical (unpaired) electrons. The van der Waals surface area contributed by atoms with Crippen LogP contribution in [0, 0.1) is 0 Å². The molecule has 26 heavy (non-hydrogen) atoms. The third-order valence-electron chi connectivity index (χ3n) is 3.56. The Balaban J connectivity index is 2.13. The fourth-order valence-electron chi connectivity index (χ4n) is 2.40. The molecule has 8 heteroatoms. The molecule has 0 amide bonds. The van der Waals surface area contributed by atoms with E-state index in [0.717, 1.165) is 17.7 Å². The predicted octanol–water partition coefficient (Wildman–Crippen LogP) is 6.99. The average Bonchev–Trinajstić information content (AvgIpc) is 2.98. The zero-order chi connectivity index (χ0) is 18.9. The van der Waals surface area contributed by atoms with Crippen molar-refractivity contribution in [2.75, 3.05) is 0 Å². The van der Waals surface area contributed by atoms with Gasteiger partial charge in [0.05, 0.1) is 11.3 Å². The maximum atomic E-state index is 13.0. The molecule has 0 unspecified atom stereocenters. The fraction of sp³-hybridized carbons (Fsp3) is 0.0556. The van der Waals surface area contributed by atoms with Gasteiger partial charge in [0.25, 0.3) is 0 Å². The molecule has 0 N–H and O–H groups in total. The van der Waals surface area contributed by atoms with Crippen molar-refractivity contribution in [2.45, 2.75) is 6.18 Å². The monoisotopic (exact) mass is 416 g/mol. The number of hydrogen-bond acceptors (Lipinski definition) is 1. The molecule has 0 aliphatic heterocycles. The van der Waals surface area contributed by atoms with E-state index in [0.29, 0.717) is 16.3 Å². The number of alkyl halides is 3. The first kappa shape index (κ1) is 18.8. The molecule has 0 bridgehead atoms. The minimum absolute atomic E-state index is 0.00352. The van der Waals surface area contributed by atoms with Crippen molar-refractivity contribution in [1.82, 2.24) is 9.78 Å². The molecule has 3 rings (SSSR count). The Morgan fingerprint density at radius 1 is 1.04 bits per heavy atom. The summed E-state index contributed by atoms with van der Waals surface area (Å²) in [6, 6.07) is 11.8. The van der Waals surface area contributed by atoms with E-state index in [-0.39, 0.29) is 10.2 Å². The molecule has 1 heterocycles. The molecule has 3 aromatic rings. The number of nitrogens with zero attached hydrogens (tertiary/aromatic N) is 2. The van der Waals surface area contributed by atoms with Gasteiger partial charge in [0.1, 0.15) is 10.2 Å². The zero-order valence-corrected chi connectivity index (χ0v) is 15.2. The molecule has 0 saturated carbocycles. The second-order valence-electron chi connectivity index (χ2n) is 5.37. The van der Waals surface area contributed by atoms with Gasteiger partial charge in [-0.25, -0.2) is 4.68 Å². The molecule has 134 valence electrons. The van der Waals surface area contributed by atoms with Crippen molar-refractivity contribution in [3.8, 4) is 16.9 Å². The van der Waals surface area contributed by atoms with E-state index in [1.807, 2.05) is 0 Å². The first-order valence-electron chi connectivity index (χ1n) is 7.30. The fourth-order valence-corrected chi connectivity index (χ4v) is 2.76. The van der Waals surface area contributed by atoms with E-state index < -0.39 is 11.7 Å². The molecule has 0 atom stereocenters. The van der Waals surface area contributed by atoms with E-state index in [1.54, 1.807) is 30.5 Å². The van der Waals surface area contributed by atoms with Crippen molar-refractivity contribution < 1.29 is 13.2 Å². The first-order chi connectivity index (χ1) is 12.2. The van der Waals surface area contributed by atoms with Gasteiger partial charge in [-0.2, -0.15) is 18.3 Å². The number of aromatic nitrogens is 2. The lowest BCUT2D eigenvalue weighted by atomic mass is 10.1. The van der Waals surface area contributed by atoms with Crippen LogP contribution in [0.2, 0.25) is 5.02 Å². The van der Waals surface area contributed by atoms with Gasteiger partial charge < -0.3 is 0 Å². The number of benzene rings is 2. The highest BCUT2D eigenvalue weighted by atomic mass is 35.5. The van der Waals surface area contributed by atoms with Crippen molar-refractivity contribution in [3.63, 3.8) is 0 Å². The lowest BCUT2D eigenvalue weighted by molar-refractivity contribution is -0.137. The Morgan fingerprint density at radius 3 is 2.35 bits per heavy atom. The van der Waals surface area contributed by atoms with Crippen molar-refractivity contribution >= 4 is 40.9 Å². The van der Waals surface area contributed by atoms with Crippen molar-refractivity contribution in [3.05, 3.63) is 75.4 Å². The minimum Gasteiger partial charge on any atom is -0.240 e. The molecular formula is C18H10Cl3F3N2. The van der Waals surface area contributed by atoms with Crippen LogP contribution in [0.4, 0.5) is 13.2 Å². The molecule has 2 nitrogen and oxygen atoms in total. The van der Waals surface area contributed by atoms with Gasteiger partial charge in [0.2, 0.25) is 0 Å². The topological polar surface area (TPSA) is 17.8 Å². The van der Waals surface area contributed by atoms with E-state index in [9.17, 15) is 13.2 Å². The number of hydrogen-bond donors (Lipinski definition) is 0. The normalized spacial score (nSPS) is 11.5. The Hall–Kier alpha value is -1.95. The van der Waals surface area contributed by atoms with E-state index >= 15 is 0 Å². The summed E-state index contributed by atoms with van der Waals surface area (Å²) in [5, 5.41) is 4.96. The molecule has 2 aromatic carbocycles. The van der Waals surface area contributed by atoms with Crippen LogP contribution in [-0.4, -0.2) is 9.78 Å². The lowest BCUT2D eigenvalue weighted by Gasteiger charge is -2.08. The Morgan fingerprint density at radius 2 is 1.73 bits per heavy atom. The number of rotatable bonds is 3. The average molecular weight is 418 g/mol. The summed E-state index contributed by atoms with van der Waals surface area (Å²) in [6.07, 6.45) is -1.40. The smallest absolute Gasteiger partial charge is 0.240 e. The van der Waals surface area contributed by atoms with Crippen molar-refractivity contribution in [2.24, 2.45) is 0 Å². The highest BCUT2D eigenvalue weighted by Gasteiger charge is 2.30. The lowest BCUT2D eigenvalue weighted by Crippen LogP contribution is -2.06. The van der Waals surface area contributed by atoms with Crippen LogP contribution < -0.4 is 0 Å². The molecule has 0 saturated heterocycles. The molecule has 0 aliphatic rings. The van der Waals surface area contributed by atoms with Crippen molar-refractivity contribution in [1.29, 1.82) is 0 Å². The largest absolute Gasteiger partial charge is 0.416 e. The van der Waals surface area contributed by atoms with Gasteiger partial charge in [-0.1, -0.05) is 53.0 Å². The van der Waals surface area contributed by atoms with E-state index in [2.05, 4.69) is 5.10 Å². The van der Waals surface area contributed by atoms with Crippen LogP contribution in [0.25, 0.3) is 23.0 Å². The minimum atomic E-state index is -4.44. The number of halogens is 6. The van der Waals surface area contributed by atoms with Crippen LogP contribution in [0.5, 0.6) is 0 Å². The maximum absolute atomic E-state index is 13.0.